The van der Waals surface area contributed by atoms with Crippen LogP contribution < -0.4 is 20.3 Å². The minimum absolute atomic E-state index is 0.150. The number of methoxy groups -OCH3 is 1. The van der Waals surface area contributed by atoms with Crippen LogP contribution >= 0.6 is 0 Å². The van der Waals surface area contributed by atoms with Crippen molar-refractivity contribution in [2.45, 2.75) is 20.0 Å². The summed E-state index contributed by atoms with van der Waals surface area (Å²) in [6.07, 6.45) is 0. The van der Waals surface area contributed by atoms with E-state index >= 15 is 0 Å². The van der Waals surface area contributed by atoms with Gasteiger partial charge in [0.1, 0.15) is 11.5 Å². The first kappa shape index (κ1) is 18.5. The van der Waals surface area contributed by atoms with Gasteiger partial charge in [0.2, 0.25) is 0 Å². The highest BCUT2D eigenvalue weighted by Crippen LogP contribution is 2.23. The van der Waals surface area contributed by atoms with Gasteiger partial charge < -0.3 is 19.4 Å². The number of carbonyl (C=O) groups is 1. The summed E-state index contributed by atoms with van der Waals surface area (Å²) in [6.45, 7) is 2.70. The summed E-state index contributed by atoms with van der Waals surface area (Å²) in [7, 11) is 1.60. The lowest BCUT2D eigenvalue weighted by Crippen LogP contribution is -2.29. The molecule has 0 saturated carbocycles. The van der Waals surface area contributed by atoms with E-state index in [0.29, 0.717) is 18.8 Å². The highest BCUT2D eigenvalue weighted by molar-refractivity contribution is 5.86. The van der Waals surface area contributed by atoms with Crippen LogP contribution in [0.2, 0.25) is 0 Å². The zero-order chi connectivity index (χ0) is 19.2. The monoisotopic (exact) mass is 366 g/mol. The maximum absolute atomic E-state index is 12.3. The number of rotatable bonds is 7. The molecule has 27 heavy (non-hydrogen) atoms. The normalized spacial score (nSPS) is 10.6. The van der Waals surface area contributed by atoms with Gasteiger partial charge in [-0.05, 0) is 36.8 Å². The predicted molar refractivity (Wildman–Crippen MR) is 104 cm³/mol. The molecule has 0 fully saturated rings. The van der Waals surface area contributed by atoms with Crippen molar-refractivity contribution in [2.75, 3.05) is 13.7 Å². The van der Waals surface area contributed by atoms with Crippen molar-refractivity contribution in [2.24, 2.45) is 0 Å². The van der Waals surface area contributed by atoms with E-state index in [1.165, 1.54) is 6.07 Å². The van der Waals surface area contributed by atoms with E-state index in [0.717, 1.165) is 22.2 Å². The van der Waals surface area contributed by atoms with Crippen LogP contribution in [0.15, 0.2) is 59.4 Å². The summed E-state index contributed by atoms with van der Waals surface area (Å²) >= 11 is 0. The van der Waals surface area contributed by atoms with Gasteiger partial charge in [0, 0.05) is 24.5 Å². The van der Waals surface area contributed by atoms with Gasteiger partial charge in [0.15, 0.2) is 6.61 Å². The van der Waals surface area contributed by atoms with Crippen molar-refractivity contribution in [1.82, 2.24) is 9.88 Å². The standard InChI is InChI=1S/C21H22N2O4/c1-3-23-18-10-5-4-9-17(18)19(12-21(23)25)27-14-20(24)22-13-15-7-6-8-16(11-15)26-2/h4-12H,3,13-14H2,1-2H3,(H,22,24). The fourth-order valence-electron chi connectivity index (χ4n) is 2.93. The first-order chi connectivity index (χ1) is 13.1. The third-order valence-electron chi connectivity index (χ3n) is 4.28. The molecule has 140 valence electrons. The summed E-state index contributed by atoms with van der Waals surface area (Å²) in [5.41, 5.74) is 1.57. The summed E-state index contributed by atoms with van der Waals surface area (Å²) in [5, 5.41) is 3.61. The lowest BCUT2D eigenvalue weighted by molar-refractivity contribution is -0.123. The highest BCUT2D eigenvalue weighted by Gasteiger charge is 2.10. The van der Waals surface area contributed by atoms with E-state index in [1.54, 1.807) is 11.7 Å². The number of para-hydroxylation sites is 1. The van der Waals surface area contributed by atoms with Crippen molar-refractivity contribution in [3.8, 4) is 11.5 Å². The second-order valence-corrected chi connectivity index (χ2v) is 6.03. The number of carbonyl (C=O) groups excluding carboxylic acids is 1. The molecule has 3 rings (SSSR count). The van der Waals surface area contributed by atoms with Gasteiger partial charge in [-0.3, -0.25) is 9.59 Å². The number of benzene rings is 2. The van der Waals surface area contributed by atoms with Crippen LogP contribution in [0.5, 0.6) is 11.5 Å². The molecule has 0 radical (unpaired) electrons. The first-order valence-corrected chi connectivity index (χ1v) is 8.77. The molecule has 0 bridgehead atoms. The smallest absolute Gasteiger partial charge is 0.258 e. The quantitative estimate of drug-likeness (QED) is 0.698. The number of fused-ring (bicyclic) bond motifs is 1. The largest absolute Gasteiger partial charge is 0.497 e. The Bertz CT molecular complexity index is 1010. The van der Waals surface area contributed by atoms with Crippen molar-refractivity contribution < 1.29 is 14.3 Å². The molecule has 0 spiro atoms. The van der Waals surface area contributed by atoms with E-state index in [9.17, 15) is 9.59 Å². The van der Waals surface area contributed by atoms with E-state index in [-0.39, 0.29) is 18.1 Å². The number of amides is 1. The Balaban J connectivity index is 1.68. The van der Waals surface area contributed by atoms with Crippen molar-refractivity contribution in [3.05, 3.63) is 70.5 Å². The second-order valence-electron chi connectivity index (χ2n) is 6.03. The number of ether oxygens (including phenoxy) is 2. The molecule has 0 aliphatic carbocycles. The molecular weight excluding hydrogens is 344 g/mol. The van der Waals surface area contributed by atoms with Gasteiger partial charge >= 0.3 is 0 Å². The summed E-state index contributed by atoms with van der Waals surface area (Å²) in [5.74, 6) is 0.888. The first-order valence-electron chi connectivity index (χ1n) is 8.77. The summed E-state index contributed by atoms with van der Waals surface area (Å²) < 4.78 is 12.5. The van der Waals surface area contributed by atoms with Gasteiger partial charge in [-0.25, -0.2) is 0 Å². The molecule has 6 heteroatoms. The van der Waals surface area contributed by atoms with Crippen molar-refractivity contribution in [1.29, 1.82) is 0 Å². The molecule has 6 nitrogen and oxygen atoms in total. The fourth-order valence-corrected chi connectivity index (χ4v) is 2.93. The molecule has 3 aromatic rings. The van der Waals surface area contributed by atoms with Gasteiger partial charge in [0.05, 0.1) is 12.6 Å². The molecule has 0 saturated heterocycles. The molecular formula is C21H22N2O4. The van der Waals surface area contributed by atoms with Crippen LogP contribution in [0.1, 0.15) is 12.5 Å². The fraction of sp³-hybridized carbons (Fsp3) is 0.238. The lowest BCUT2D eigenvalue weighted by atomic mass is 10.2. The van der Waals surface area contributed by atoms with Crippen LogP contribution in [0.4, 0.5) is 0 Å². The van der Waals surface area contributed by atoms with E-state index < -0.39 is 0 Å². The van der Waals surface area contributed by atoms with Gasteiger partial charge in [-0.1, -0.05) is 24.3 Å². The Morgan fingerprint density at radius 1 is 1.11 bits per heavy atom. The number of aromatic nitrogens is 1. The minimum Gasteiger partial charge on any atom is -0.497 e. The number of nitrogens with zero attached hydrogens (tertiary/aromatic N) is 1. The molecule has 1 N–H and O–H groups in total. The Morgan fingerprint density at radius 3 is 2.70 bits per heavy atom. The van der Waals surface area contributed by atoms with Gasteiger partial charge in [-0.2, -0.15) is 0 Å². The summed E-state index contributed by atoms with van der Waals surface area (Å²) in [6, 6.07) is 16.4. The van der Waals surface area contributed by atoms with Crippen molar-refractivity contribution in [3.63, 3.8) is 0 Å². The lowest BCUT2D eigenvalue weighted by Gasteiger charge is -2.13. The average molecular weight is 366 g/mol. The Hall–Kier alpha value is -3.28. The number of pyridine rings is 1. The number of aryl methyl sites for hydroxylation is 1. The molecule has 0 atom stereocenters. The predicted octanol–water partition coefficient (Wildman–Crippen LogP) is 2.73. The number of hydrogen-bond acceptors (Lipinski definition) is 4. The summed E-state index contributed by atoms with van der Waals surface area (Å²) in [4.78, 5) is 24.4. The SMILES string of the molecule is CCn1c(=O)cc(OCC(=O)NCc2cccc(OC)c2)c2ccccc21. The van der Waals surface area contributed by atoms with Crippen LogP contribution in [0.3, 0.4) is 0 Å². The number of nitrogens with one attached hydrogen (secondary N) is 1. The Labute approximate surface area is 157 Å². The third kappa shape index (κ3) is 4.28. The maximum atomic E-state index is 12.3. The molecule has 0 unspecified atom stereocenters. The average Bonchev–Trinajstić information content (AvgIpc) is 2.70. The van der Waals surface area contributed by atoms with Crippen molar-refractivity contribution >= 4 is 16.8 Å². The zero-order valence-corrected chi connectivity index (χ0v) is 15.4. The van der Waals surface area contributed by atoms with E-state index in [2.05, 4.69) is 5.32 Å². The van der Waals surface area contributed by atoms with Crippen LogP contribution in [-0.2, 0) is 17.9 Å². The molecule has 1 amide bonds. The zero-order valence-electron chi connectivity index (χ0n) is 15.4. The van der Waals surface area contributed by atoms with E-state index in [4.69, 9.17) is 9.47 Å². The Kier molecular flexibility index (Phi) is 5.76. The third-order valence-corrected chi connectivity index (χ3v) is 4.28. The molecule has 1 aromatic heterocycles. The maximum Gasteiger partial charge on any atom is 0.258 e. The molecule has 0 aliphatic rings. The molecule has 1 heterocycles. The van der Waals surface area contributed by atoms with Crippen LogP contribution in [-0.4, -0.2) is 24.2 Å². The topological polar surface area (TPSA) is 69.6 Å². The number of hydrogen-bond donors (Lipinski definition) is 1. The van der Waals surface area contributed by atoms with Gasteiger partial charge in [0.25, 0.3) is 11.5 Å². The highest BCUT2D eigenvalue weighted by atomic mass is 16.5. The molecule has 0 aliphatic heterocycles. The second kappa shape index (κ2) is 8.40. The van der Waals surface area contributed by atoms with E-state index in [1.807, 2.05) is 55.5 Å². The van der Waals surface area contributed by atoms with Crippen LogP contribution in [0, 0.1) is 0 Å². The van der Waals surface area contributed by atoms with Gasteiger partial charge in [-0.15, -0.1) is 0 Å². The Morgan fingerprint density at radius 2 is 1.93 bits per heavy atom. The van der Waals surface area contributed by atoms with Crippen LogP contribution in [0.25, 0.3) is 10.9 Å². The molecule has 2 aromatic carbocycles. The minimum atomic E-state index is -0.262.